The Balaban J connectivity index is 2.12. The molecule has 2 aromatic carbocycles. The van der Waals surface area contributed by atoms with Crippen LogP contribution in [-0.2, 0) is 9.53 Å². The van der Waals surface area contributed by atoms with E-state index >= 15 is 0 Å². The smallest absolute Gasteiger partial charge is 0.337 e. The Labute approximate surface area is 139 Å². The number of amides is 1. The fourth-order valence-corrected chi connectivity index (χ4v) is 2.16. The lowest BCUT2D eigenvalue weighted by molar-refractivity contribution is -0.111. The second-order valence-corrected chi connectivity index (χ2v) is 5.34. The Morgan fingerprint density at radius 3 is 2.65 bits per heavy atom. The number of methoxy groups -OCH3 is 1. The Hall–Kier alpha value is -2.59. The lowest BCUT2D eigenvalue weighted by Crippen LogP contribution is -2.10. The molecule has 0 aliphatic rings. The number of esters is 1. The molecule has 0 spiro atoms. The van der Waals surface area contributed by atoms with Crippen LogP contribution in [-0.4, -0.2) is 19.0 Å². The highest BCUT2D eigenvalue weighted by Gasteiger charge is 2.09. The number of aryl methyl sites for hydroxylation is 1. The topological polar surface area (TPSA) is 55.4 Å². The van der Waals surface area contributed by atoms with Gasteiger partial charge in [0.2, 0.25) is 5.91 Å². The molecule has 23 heavy (non-hydrogen) atoms. The van der Waals surface area contributed by atoms with Crippen molar-refractivity contribution < 1.29 is 14.3 Å². The van der Waals surface area contributed by atoms with Crippen molar-refractivity contribution in [3.05, 3.63) is 70.3 Å². The monoisotopic (exact) mass is 329 g/mol. The van der Waals surface area contributed by atoms with E-state index in [1.807, 2.05) is 19.1 Å². The number of rotatable bonds is 4. The fraction of sp³-hybridized carbons (Fsp3) is 0.111. The summed E-state index contributed by atoms with van der Waals surface area (Å²) in [4.78, 5) is 23.6. The van der Waals surface area contributed by atoms with Gasteiger partial charge in [-0.3, -0.25) is 4.79 Å². The van der Waals surface area contributed by atoms with Crippen molar-refractivity contribution in [1.29, 1.82) is 0 Å². The number of benzene rings is 2. The molecule has 0 saturated heterocycles. The quantitative estimate of drug-likeness (QED) is 0.679. The number of nitrogens with one attached hydrogen (secondary N) is 1. The molecule has 0 aliphatic heterocycles. The van der Waals surface area contributed by atoms with Gasteiger partial charge < -0.3 is 10.1 Å². The number of carbonyl (C=O) groups excluding carboxylic acids is 2. The number of halogens is 1. The maximum atomic E-state index is 12.0. The van der Waals surface area contributed by atoms with Gasteiger partial charge in [-0.25, -0.2) is 4.79 Å². The number of anilines is 1. The van der Waals surface area contributed by atoms with Crippen molar-refractivity contribution in [2.75, 3.05) is 12.4 Å². The molecular formula is C18H16ClNO3. The first kappa shape index (κ1) is 16.8. The van der Waals surface area contributed by atoms with E-state index in [0.717, 1.165) is 11.1 Å². The highest BCUT2D eigenvalue weighted by molar-refractivity contribution is 6.30. The van der Waals surface area contributed by atoms with Gasteiger partial charge in [0.25, 0.3) is 0 Å². The van der Waals surface area contributed by atoms with Crippen molar-refractivity contribution in [1.82, 2.24) is 0 Å². The van der Waals surface area contributed by atoms with Crippen molar-refractivity contribution in [2.45, 2.75) is 6.92 Å². The largest absolute Gasteiger partial charge is 0.465 e. The van der Waals surface area contributed by atoms with Crippen LogP contribution in [0.4, 0.5) is 5.69 Å². The maximum absolute atomic E-state index is 12.0. The van der Waals surface area contributed by atoms with E-state index in [1.54, 1.807) is 36.4 Å². The number of carbonyl (C=O) groups is 2. The molecule has 0 fully saturated rings. The highest BCUT2D eigenvalue weighted by atomic mass is 35.5. The Kier molecular flexibility index (Phi) is 5.55. The van der Waals surface area contributed by atoms with E-state index in [2.05, 4.69) is 10.1 Å². The summed E-state index contributed by atoms with van der Waals surface area (Å²) in [5, 5.41) is 3.35. The number of hydrogen-bond acceptors (Lipinski definition) is 3. The van der Waals surface area contributed by atoms with Gasteiger partial charge in [0, 0.05) is 16.8 Å². The summed E-state index contributed by atoms with van der Waals surface area (Å²) in [6, 6.07) is 12.2. The molecule has 2 aromatic rings. The Morgan fingerprint density at radius 1 is 1.17 bits per heavy atom. The van der Waals surface area contributed by atoms with E-state index < -0.39 is 5.97 Å². The zero-order chi connectivity index (χ0) is 16.8. The lowest BCUT2D eigenvalue weighted by Gasteiger charge is -2.08. The number of hydrogen-bond donors (Lipinski definition) is 1. The van der Waals surface area contributed by atoms with Crippen molar-refractivity contribution in [2.24, 2.45) is 0 Å². The average Bonchev–Trinajstić information content (AvgIpc) is 2.54. The van der Waals surface area contributed by atoms with Gasteiger partial charge >= 0.3 is 5.97 Å². The highest BCUT2D eigenvalue weighted by Crippen LogP contribution is 2.18. The molecule has 118 valence electrons. The first-order chi connectivity index (χ1) is 11.0. The molecule has 0 saturated carbocycles. The summed E-state index contributed by atoms with van der Waals surface area (Å²) in [7, 11) is 1.31. The molecule has 0 radical (unpaired) electrons. The minimum Gasteiger partial charge on any atom is -0.465 e. The van der Waals surface area contributed by atoms with Crippen LogP contribution in [0.5, 0.6) is 0 Å². The van der Waals surface area contributed by atoms with Gasteiger partial charge in [-0.1, -0.05) is 29.8 Å². The van der Waals surface area contributed by atoms with Gasteiger partial charge in [0.15, 0.2) is 0 Å². The van der Waals surface area contributed by atoms with Crippen LogP contribution in [0.1, 0.15) is 21.5 Å². The maximum Gasteiger partial charge on any atom is 0.337 e. The zero-order valence-electron chi connectivity index (χ0n) is 12.8. The van der Waals surface area contributed by atoms with Crippen LogP contribution in [0.25, 0.3) is 6.08 Å². The molecule has 0 heterocycles. The van der Waals surface area contributed by atoms with Crippen molar-refractivity contribution in [3.63, 3.8) is 0 Å². The second kappa shape index (κ2) is 7.61. The van der Waals surface area contributed by atoms with Gasteiger partial charge in [-0.05, 0) is 48.4 Å². The minimum atomic E-state index is -0.449. The normalized spacial score (nSPS) is 10.6. The predicted octanol–water partition coefficient (Wildman–Crippen LogP) is 4.09. The first-order valence-electron chi connectivity index (χ1n) is 6.93. The average molecular weight is 330 g/mol. The minimum absolute atomic E-state index is 0.296. The summed E-state index contributed by atoms with van der Waals surface area (Å²) in [6.45, 7) is 1.84. The molecule has 2 rings (SSSR count). The Morgan fingerprint density at radius 2 is 1.96 bits per heavy atom. The summed E-state index contributed by atoms with van der Waals surface area (Å²) in [6.07, 6.45) is 3.08. The van der Waals surface area contributed by atoms with Gasteiger partial charge in [0.05, 0.1) is 12.7 Å². The number of ether oxygens (including phenoxy) is 1. The van der Waals surface area contributed by atoms with Crippen LogP contribution in [0.2, 0.25) is 5.02 Å². The molecule has 5 heteroatoms. The standard InChI is InChI=1S/C18H16ClNO3/c1-12-6-8-14(18(22)23-2)11-16(12)20-17(21)9-7-13-4-3-5-15(19)10-13/h3-11H,1-2H3,(H,20,21)/b9-7+. The molecule has 4 nitrogen and oxygen atoms in total. The molecule has 0 aromatic heterocycles. The summed E-state index contributed by atoms with van der Waals surface area (Å²) >= 11 is 5.89. The third-order valence-electron chi connectivity index (χ3n) is 3.19. The molecule has 0 unspecified atom stereocenters. The van der Waals surface area contributed by atoms with Crippen LogP contribution < -0.4 is 5.32 Å². The fourth-order valence-electron chi connectivity index (χ4n) is 1.96. The van der Waals surface area contributed by atoms with Crippen LogP contribution >= 0.6 is 11.6 Å². The van der Waals surface area contributed by atoms with Gasteiger partial charge in [0.1, 0.15) is 0 Å². The zero-order valence-corrected chi connectivity index (χ0v) is 13.6. The van der Waals surface area contributed by atoms with Crippen LogP contribution in [0.15, 0.2) is 48.5 Å². The third kappa shape index (κ3) is 4.69. The van der Waals surface area contributed by atoms with E-state index in [-0.39, 0.29) is 5.91 Å². The molecular weight excluding hydrogens is 314 g/mol. The predicted molar refractivity (Wildman–Crippen MR) is 91.6 cm³/mol. The molecule has 0 aliphatic carbocycles. The van der Waals surface area contributed by atoms with E-state index in [1.165, 1.54) is 13.2 Å². The Bertz CT molecular complexity index is 769. The third-order valence-corrected chi connectivity index (χ3v) is 3.43. The van der Waals surface area contributed by atoms with Gasteiger partial charge in [-0.15, -0.1) is 0 Å². The lowest BCUT2D eigenvalue weighted by atomic mass is 10.1. The summed E-state index contributed by atoms with van der Waals surface area (Å²) < 4.78 is 4.67. The second-order valence-electron chi connectivity index (χ2n) is 4.90. The van der Waals surface area contributed by atoms with Crippen molar-refractivity contribution in [3.8, 4) is 0 Å². The van der Waals surface area contributed by atoms with Gasteiger partial charge in [-0.2, -0.15) is 0 Å². The molecule has 0 bridgehead atoms. The summed E-state index contributed by atoms with van der Waals surface area (Å²) in [5.41, 5.74) is 2.62. The first-order valence-corrected chi connectivity index (χ1v) is 7.31. The SMILES string of the molecule is COC(=O)c1ccc(C)c(NC(=O)/C=C/c2cccc(Cl)c2)c1. The summed E-state index contributed by atoms with van der Waals surface area (Å²) in [5.74, 6) is -0.745. The van der Waals surface area contributed by atoms with Crippen LogP contribution in [0, 0.1) is 6.92 Å². The molecule has 0 atom stereocenters. The molecule has 1 N–H and O–H groups in total. The van der Waals surface area contributed by atoms with Crippen LogP contribution in [0.3, 0.4) is 0 Å². The molecule has 1 amide bonds. The van der Waals surface area contributed by atoms with E-state index in [4.69, 9.17) is 11.6 Å². The van der Waals surface area contributed by atoms with E-state index in [9.17, 15) is 9.59 Å². The van der Waals surface area contributed by atoms with E-state index in [0.29, 0.717) is 16.3 Å². The van der Waals surface area contributed by atoms with Crippen molar-refractivity contribution >= 4 is 35.2 Å².